The molecule has 0 fully saturated rings. The molecule has 1 aromatic carbocycles. The average molecular weight is 288 g/mol. The molecule has 3 nitrogen and oxygen atoms in total. The first kappa shape index (κ1) is 14.6. The van der Waals surface area contributed by atoms with Crippen LogP contribution in [0.1, 0.15) is 34.6 Å². The summed E-state index contributed by atoms with van der Waals surface area (Å²) in [5, 5.41) is 3.45. The van der Waals surface area contributed by atoms with Gasteiger partial charge in [0.1, 0.15) is 0 Å². The molecule has 0 aliphatic carbocycles. The van der Waals surface area contributed by atoms with Crippen molar-refractivity contribution in [2.45, 2.75) is 27.2 Å². The first-order chi connectivity index (χ1) is 9.58. The molecular weight excluding hydrogens is 268 g/mol. The van der Waals surface area contributed by atoms with Crippen LogP contribution < -0.4 is 11.1 Å². The second kappa shape index (κ2) is 6.09. The minimum Gasteiger partial charge on any atom is -0.390 e. The van der Waals surface area contributed by atoms with Crippen LogP contribution in [0.25, 0.3) is 11.1 Å². The number of hydrogen-bond donors (Lipinski definition) is 2. The molecule has 1 heterocycles. The van der Waals surface area contributed by atoms with Crippen LogP contribution in [0.3, 0.4) is 0 Å². The molecule has 20 heavy (non-hydrogen) atoms. The number of aryl methyl sites for hydroxylation is 2. The lowest BCUT2D eigenvalue weighted by molar-refractivity contribution is 0.0957. The van der Waals surface area contributed by atoms with Crippen LogP contribution in [0.5, 0.6) is 0 Å². The van der Waals surface area contributed by atoms with Gasteiger partial charge in [0, 0.05) is 17.0 Å². The van der Waals surface area contributed by atoms with E-state index in [0.717, 1.165) is 22.4 Å². The Bertz CT molecular complexity index is 614. The summed E-state index contributed by atoms with van der Waals surface area (Å²) in [5.41, 5.74) is 9.94. The third-order valence-electron chi connectivity index (χ3n) is 3.23. The van der Waals surface area contributed by atoms with Crippen LogP contribution in [0.4, 0.5) is 5.00 Å². The minimum atomic E-state index is -0.0866. The molecule has 2 aromatic rings. The summed E-state index contributed by atoms with van der Waals surface area (Å²) >= 11 is 1.51. The maximum Gasteiger partial charge on any atom is 0.254 e. The van der Waals surface area contributed by atoms with E-state index in [2.05, 4.69) is 43.4 Å². The number of thiophene rings is 1. The number of nitrogen functional groups attached to an aromatic ring is 1. The van der Waals surface area contributed by atoms with Crippen LogP contribution in [0.15, 0.2) is 24.3 Å². The molecule has 0 aliphatic heterocycles. The predicted molar refractivity (Wildman–Crippen MR) is 86.3 cm³/mol. The summed E-state index contributed by atoms with van der Waals surface area (Å²) in [5.74, 6) is -0.0866. The number of benzene rings is 1. The highest BCUT2D eigenvalue weighted by atomic mass is 32.1. The summed E-state index contributed by atoms with van der Waals surface area (Å²) in [6.45, 7) is 6.65. The van der Waals surface area contributed by atoms with Gasteiger partial charge in [0.05, 0.1) is 10.6 Å². The fraction of sp³-hybridized carbons (Fsp3) is 0.312. The van der Waals surface area contributed by atoms with Crippen LogP contribution in [-0.4, -0.2) is 12.5 Å². The monoisotopic (exact) mass is 288 g/mol. The quantitative estimate of drug-likeness (QED) is 0.903. The molecule has 0 saturated heterocycles. The van der Waals surface area contributed by atoms with E-state index < -0.39 is 0 Å². The van der Waals surface area contributed by atoms with Gasteiger partial charge in [-0.2, -0.15) is 0 Å². The molecule has 0 aliphatic rings. The fourth-order valence-corrected chi connectivity index (χ4v) is 3.27. The van der Waals surface area contributed by atoms with Crippen molar-refractivity contribution in [1.29, 1.82) is 0 Å². The first-order valence-electron chi connectivity index (χ1n) is 6.84. The van der Waals surface area contributed by atoms with Gasteiger partial charge in [-0.25, -0.2) is 0 Å². The lowest BCUT2D eigenvalue weighted by Gasteiger charge is -2.08. The molecule has 0 bridgehead atoms. The molecule has 106 valence electrons. The van der Waals surface area contributed by atoms with E-state index in [1.165, 1.54) is 16.9 Å². The van der Waals surface area contributed by atoms with E-state index in [1.807, 2.05) is 6.92 Å². The van der Waals surface area contributed by atoms with Crippen molar-refractivity contribution >= 4 is 22.2 Å². The molecular formula is C16H20N2OS. The highest BCUT2D eigenvalue weighted by Crippen LogP contribution is 2.39. The Labute approximate surface area is 123 Å². The van der Waals surface area contributed by atoms with E-state index >= 15 is 0 Å². The summed E-state index contributed by atoms with van der Waals surface area (Å²) < 4.78 is 0. The van der Waals surface area contributed by atoms with Crippen molar-refractivity contribution in [2.75, 3.05) is 12.3 Å². The Balaban J connectivity index is 2.60. The molecule has 0 unspecified atom stereocenters. The van der Waals surface area contributed by atoms with E-state index in [0.29, 0.717) is 17.1 Å². The van der Waals surface area contributed by atoms with Gasteiger partial charge >= 0.3 is 0 Å². The molecule has 1 aromatic heterocycles. The fourth-order valence-electron chi connectivity index (χ4n) is 2.25. The second-order valence-electron chi connectivity index (χ2n) is 4.72. The van der Waals surface area contributed by atoms with Gasteiger partial charge in [0.25, 0.3) is 5.91 Å². The Morgan fingerprint density at radius 3 is 2.45 bits per heavy atom. The Morgan fingerprint density at radius 1 is 1.25 bits per heavy atom. The standard InChI is InChI=1S/C16H20N2OS/c1-4-12-13(11-8-6-10(3)7-9-11)14(15(17)20-12)16(19)18-5-2/h6-9H,4-5,17H2,1-3H3,(H,18,19). The van der Waals surface area contributed by atoms with Gasteiger partial charge in [0.15, 0.2) is 0 Å². The smallest absolute Gasteiger partial charge is 0.254 e. The maximum absolute atomic E-state index is 12.3. The maximum atomic E-state index is 12.3. The third kappa shape index (κ3) is 2.70. The van der Waals surface area contributed by atoms with Gasteiger partial charge in [-0.3, -0.25) is 4.79 Å². The molecule has 2 rings (SSSR count). The van der Waals surface area contributed by atoms with Crippen LogP contribution in [0, 0.1) is 6.92 Å². The van der Waals surface area contributed by atoms with E-state index in [9.17, 15) is 4.79 Å². The largest absolute Gasteiger partial charge is 0.390 e. The summed E-state index contributed by atoms with van der Waals surface area (Å²) in [6, 6.07) is 8.23. The minimum absolute atomic E-state index is 0.0866. The number of nitrogens with two attached hydrogens (primary N) is 1. The average Bonchev–Trinajstić information content (AvgIpc) is 2.76. The lowest BCUT2D eigenvalue weighted by Crippen LogP contribution is -2.23. The summed E-state index contributed by atoms with van der Waals surface area (Å²) in [7, 11) is 0. The van der Waals surface area contributed by atoms with E-state index in [-0.39, 0.29) is 5.91 Å². The SMILES string of the molecule is CCNC(=O)c1c(N)sc(CC)c1-c1ccc(C)cc1. The summed E-state index contributed by atoms with van der Waals surface area (Å²) in [6.07, 6.45) is 0.873. The van der Waals surface area contributed by atoms with Crippen molar-refractivity contribution in [3.05, 3.63) is 40.3 Å². The van der Waals surface area contributed by atoms with Crippen molar-refractivity contribution < 1.29 is 4.79 Å². The highest BCUT2D eigenvalue weighted by Gasteiger charge is 2.22. The van der Waals surface area contributed by atoms with E-state index in [4.69, 9.17) is 5.73 Å². The number of carbonyl (C=O) groups is 1. The van der Waals surface area contributed by atoms with Gasteiger partial charge in [-0.1, -0.05) is 36.8 Å². The normalized spacial score (nSPS) is 10.6. The van der Waals surface area contributed by atoms with Crippen molar-refractivity contribution in [2.24, 2.45) is 0 Å². The van der Waals surface area contributed by atoms with Gasteiger partial charge in [-0.05, 0) is 25.8 Å². The van der Waals surface area contributed by atoms with Crippen LogP contribution >= 0.6 is 11.3 Å². The number of nitrogens with one attached hydrogen (secondary N) is 1. The van der Waals surface area contributed by atoms with Crippen molar-refractivity contribution in [3.8, 4) is 11.1 Å². The Morgan fingerprint density at radius 2 is 1.90 bits per heavy atom. The predicted octanol–water partition coefficient (Wildman–Crippen LogP) is 3.62. The van der Waals surface area contributed by atoms with Crippen molar-refractivity contribution in [3.63, 3.8) is 0 Å². The molecule has 0 atom stereocenters. The molecule has 0 saturated carbocycles. The summed E-state index contributed by atoms with van der Waals surface area (Å²) in [4.78, 5) is 13.4. The third-order valence-corrected chi connectivity index (χ3v) is 4.40. The molecule has 3 N–H and O–H groups in total. The number of carbonyl (C=O) groups excluding carboxylic acids is 1. The number of rotatable bonds is 4. The zero-order valence-corrected chi connectivity index (χ0v) is 12.9. The van der Waals surface area contributed by atoms with Gasteiger partial charge in [0.2, 0.25) is 0 Å². The van der Waals surface area contributed by atoms with Gasteiger partial charge < -0.3 is 11.1 Å². The number of hydrogen-bond acceptors (Lipinski definition) is 3. The molecule has 0 radical (unpaired) electrons. The molecule has 1 amide bonds. The Kier molecular flexibility index (Phi) is 4.45. The first-order valence-corrected chi connectivity index (χ1v) is 7.66. The number of amides is 1. The second-order valence-corrected chi connectivity index (χ2v) is 5.86. The zero-order valence-electron chi connectivity index (χ0n) is 12.1. The van der Waals surface area contributed by atoms with Crippen LogP contribution in [-0.2, 0) is 6.42 Å². The number of anilines is 1. The van der Waals surface area contributed by atoms with Crippen molar-refractivity contribution in [1.82, 2.24) is 5.32 Å². The molecule has 4 heteroatoms. The zero-order chi connectivity index (χ0) is 14.7. The van der Waals surface area contributed by atoms with Gasteiger partial charge in [-0.15, -0.1) is 11.3 Å². The highest BCUT2D eigenvalue weighted by molar-refractivity contribution is 7.17. The lowest BCUT2D eigenvalue weighted by atomic mass is 9.99. The van der Waals surface area contributed by atoms with Crippen LogP contribution in [0.2, 0.25) is 0 Å². The van der Waals surface area contributed by atoms with E-state index in [1.54, 1.807) is 0 Å². The Hall–Kier alpha value is -1.81. The molecule has 0 spiro atoms. The topological polar surface area (TPSA) is 55.1 Å².